The highest BCUT2D eigenvalue weighted by atomic mass is 32.2. The molecule has 0 bridgehead atoms. The molecule has 0 spiro atoms. The lowest BCUT2D eigenvalue weighted by atomic mass is 10.0. The lowest BCUT2D eigenvalue weighted by molar-refractivity contribution is -0.140. The van der Waals surface area contributed by atoms with Crippen LogP contribution in [0.3, 0.4) is 0 Å². The number of sulfonamides is 1. The van der Waals surface area contributed by atoms with Crippen molar-refractivity contribution < 1.29 is 27.1 Å². The minimum Gasteiger partial charge on any atom is -0.490 e. The van der Waals surface area contributed by atoms with Crippen molar-refractivity contribution in [2.24, 2.45) is 5.92 Å². The maximum absolute atomic E-state index is 14.0. The molecular formula is C19H28FNO5S. The Balaban J connectivity index is 2.02. The van der Waals surface area contributed by atoms with Crippen molar-refractivity contribution in [2.45, 2.75) is 52.0 Å². The van der Waals surface area contributed by atoms with Gasteiger partial charge in [0.15, 0.2) is 11.6 Å². The Morgan fingerprint density at radius 2 is 2.11 bits per heavy atom. The van der Waals surface area contributed by atoms with Gasteiger partial charge in [0.1, 0.15) is 0 Å². The average molecular weight is 402 g/mol. The van der Waals surface area contributed by atoms with E-state index in [1.807, 2.05) is 6.92 Å². The van der Waals surface area contributed by atoms with Gasteiger partial charge in [0, 0.05) is 13.0 Å². The van der Waals surface area contributed by atoms with Gasteiger partial charge in [-0.15, -0.1) is 0 Å². The van der Waals surface area contributed by atoms with E-state index in [1.54, 1.807) is 12.1 Å². The van der Waals surface area contributed by atoms with Crippen LogP contribution in [0.4, 0.5) is 4.39 Å². The van der Waals surface area contributed by atoms with Crippen LogP contribution in [0.1, 0.15) is 57.6 Å². The van der Waals surface area contributed by atoms with E-state index in [1.165, 1.54) is 13.0 Å². The number of nitrogens with one attached hydrogen (secondary N) is 1. The standard InChI is InChI=1S/C19H28FNO5S/c1-3-5-18(21-27(23,24)11-4-10-25-14(2)22)16-8-9-17(20)19(12-16)26-13-15-6-7-15/h8-9,12,15,18,21H,3-7,10-11,13H2,1-2H3/t18-/m1/s1. The Morgan fingerprint density at radius 3 is 2.74 bits per heavy atom. The van der Waals surface area contributed by atoms with Crippen LogP contribution in [0.15, 0.2) is 18.2 Å². The molecule has 0 amide bonds. The van der Waals surface area contributed by atoms with E-state index in [0.29, 0.717) is 24.5 Å². The van der Waals surface area contributed by atoms with Gasteiger partial charge in [0.05, 0.1) is 19.0 Å². The largest absolute Gasteiger partial charge is 0.490 e. The minimum atomic E-state index is -3.56. The molecule has 1 aromatic rings. The number of benzene rings is 1. The molecule has 1 saturated carbocycles. The summed E-state index contributed by atoms with van der Waals surface area (Å²) in [5, 5.41) is 0. The molecule has 1 aliphatic carbocycles. The molecular weight excluding hydrogens is 373 g/mol. The third-order valence-electron chi connectivity index (χ3n) is 4.29. The summed E-state index contributed by atoms with van der Waals surface area (Å²) in [4.78, 5) is 10.7. The van der Waals surface area contributed by atoms with Gasteiger partial charge in [-0.25, -0.2) is 17.5 Å². The van der Waals surface area contributed by atoms with Gasteiger partial charge in [-0.2, -0.15) is 0 Å². The maximum Gasteiger partial charge on any atom is 0.302 e. The molecule has 1 N–H and O–H groups in total. The first-order chi connectivity index (χ1) is 12.8. The summed E-state index contributed by atoms with van der Waals surface area (Å²) in [6, 6.07) is 4.02. The smallest absolute Gasteiger partial charge is 0.302 e. The lowest BCUT2D eigenvalue weighted by Crippen LogP contribution is -2.31. The Hall–Kier alpha value is -1.67. The second kappa shape index (κ2) is 10.0. The van der Waals surface area contributed by atoms with Crippen molar-refractivity contribution in [3.8, 4) is 5.75 Å². The third kappa shape index (κ3) is 7.84. The molecule has 152 valence electrons. The van der Waals surface area contributed by atoms with Crippen LogP contribution >= 0.6 is 0 Å². The topological polar surface area (TPSA) is 81.7 Å². The molecule has 0 aliphatic heterocycles. The summed E-state index contributed by atoms with van der Waals surface area (Å²) in [5.74, 6) is -0.370. The Morgan fingerprint density at radius 1 is 1.37 bits per heavy atom. The maximum atomic E-state index is 14.0. The summed E-state index contributed by atoms with van der Waals surface area (Å²) < 4.78 is 51.7. The Labute approximate surface area is 160 Å². The zero-order valence-corrected chi connectivity index (χ0v) is 16.7. The molecule has 1 aromatic carbocycles. The number of halogens is 1. The predicted molar refractivity (Wildman–Crippen MR) is 100 cm³/mol. The number of rotatable bonds is 12. The fourth-order valence-electron chi connectivity index (χ4n) is 2.66. The first-order valence-electron chi connectivity index (χ1n) is 9.36. The zero-order valence-electron chi connectivity index (χ0n) is 15.9. The SMILES string of the molecule is CCC[C@@H](NS(=O)(=O)CCCOC(C)=O)c1ccc(F)c(OCC2CC2)c1. The van der Waals surface area contributed by atoms with Gasteiger partial charge >= 0.3 is 5.97 Å². The molecule has 0 radical (unpaired) electrons. The molecule has 1 atom stereocenters. The van der Waals surface area contributed by atoms with E-state index < -0.39 is 27.9 Å². The number of carbonyl (C=O) groups excluding carboxylic acids is 1. The first kappa shape index (κ1) is 21.6. The van der Waals surface area contributed by atoms with Crippen molar-refractivity contribution in [2.75, 3.05) is 19.0 Å². The van der Waals surface area contributed by atoms with Crippen molar-refractivity contribution in [3.05, 3.63) is 29.6 Å². The van der Waals surface area contributed by atoms with Crippen LogP contribution in [0.25, 0.3) is 0 Å². The molecule has 0 saturated heterocycles. The van der Waals surface area contributed by atoms with E-state index in [2.05, 4.69) is 4.72 Å². The second-order valence-corrected chi connectivity index (χ2v) is 8.79. The summed E-state index contributed by atoms with van der Waals surface area (Å²) in [5.41, 5.74) is 0.674. The van der Waals surface area contributed by atoms with Crippen LogP contribution in [0, 0.1) is 11.7 Å². The highest BCUT2D eigenvalue weighted by Gasteiger charge is 2.24. The van der Waals surface area contributed by atoms with Gasteiger partial charge in [-0.05, 0) is 49.3 Å². The molecule has 0 unspecified atom stereocenters. The van der Waals surface area contributed by atoms with Crippen LogP contribution < -0.4 is 9.46 Å². The van der Waals surface area contributed by atoms with E-state index >= 15 is 0 Å². The number of esters is 1. The molecule has 27 heavy (non-hydrogen) atoms. The molecule has 0 aromatic heterocycles. The quantitative estimate of drug-likeness (QED) is 0.429. The van der Waals surface area contributed by atoms with Crippen LogP contribution in [-0.4, -0.2) is 33.4 Å². The van der Waals surface area contributed by atoms with Gasteiger partial charge in [-0.1, -0.05) is 19.4 Å². The highest BCUT2D eigenvalue weighted by molar-refractivity contribution is 7.89. The van der Waals surface area contributed by atoms with Gasteiger partial charge in [-0.3, -0.25) is 4.79 Å². The number of hydrogen-bond acceptors (Lipinski definition) is 5. The van der Waals surface area contributed by atoms with E-state index in [9.17, 15) is 17.6 Å². The Kier molecular flexibility index (Phi) is 8.04. The summed E-state index contributed by atoms with van der Waals surface area (Å²) >= 11 is 0. The van der Waals surface area contributed by atoms with Crippen LogP contribution in [-0.2, 0) is 19.6 Å². The molecule has 6 nitrogen and oxygen atoms in total. The predicted octanol–water partition coefficient (Wildman–Crippen LogP) is 3.33. The van der Waals surface area contributed by atoms with Crippen molar-refractivity contribution in [1.29, 1.82) is 0 Å². The Bertz CT molecular complexity index is 734. The average Bonchev–Trinajstić information content (AvgIpc) is 3.42. The van der Waals surface area contributed by atoms with Crippen LogP contribution in [0.5, 0.6) is 5.75 Å². The zero-order chi connectivity index (χ0) is 19.9. The molecule has 0 heterocycles. The lowest BCUT2D eigenvalue weighted by Gasteiger charge is -2.20. The monoisotopic (exact) mass is 401 g/mol. The number of hydrogen-bond donors (Lipinski definition) is 1. The van der Waals surface area contributed by atoms with Crippen molar-refractivity contribution in [1.82, 2.24) is 4.72 Å². The number of carbonyl (C=O) groups is 1. The van der Waals surface area contributed by atoms with E-state index in [4.69, 9.17) is 9.47 Å². The van der Waals surface area contributed by atoms with Crippen LogP contribution in [0.2, 0.25) is 0 Å². The molecule has 1 fully saturated rings. The van der Waals surface area contributed by atoms with Gasteiger partial charge in [0.2, 0.25) is 10.0 Å². The van der Waals surface area contributed by atoms with Gasteiger partial charge in [0.25, 0.3) is 0 Å². The minimum absolute atomic E-state index is 0.0599. The summed E-state index contributed by atoms with van der Waals surface area (Å²) in [7, 11) is -3.56. The van der Waals surface area contributed by atoms with E-state index in [-0.39, 0.29) is 24.5 Å². The normalized spacial score (nSPS) is 15.4. The van der Waals surface area contributed by atoms with Crippen molar-refractivity contribution in [3.63, 3.8) is 0 Å². The molecule has 2 rings (SSSR count). The molecule has 8 heteroatoms. The summed E-state index contributed by atoms with van der Waals surface area (Å²) in [6.07, 6.45) is 3.76. The second-order valence-electron chi connectivity index (χ2n) is 6.92. The summed E-state index contributed by atoms with van der Waals surface area (Å²) in [6.45, 7) is 3.78. The first-order valence-corrected chi connectivity index (χ1v) is 11.0. The van der Waals surface area contributed by atoms with Crippen molar-refractivity contribution >= 4 is 16.0 Å². The fourth-order valence-corrected chi connectivity index (χ4v) is 3.97. The third-order valence-corrected chi connectivity index (χ3v) is 5.76. The fraction of sp³-hybridized carbons (Fsp3) is 0.632. The van der Waals surface area contributed by atoms with E-state index in [0.717, 1.165) is 19.3 Å². The molecule has 1 aliphatic rings. The number of ether oxygens (including phenoxy) is 2. The highest BCUT2D eigenvalue weighted by Crippen LogP contribution is 2.31. The van der Waals surface area contributed by atoms with Gasteiger partial charge < -0.3 is 9.47 Å².